The van der Waals surface area contributed by atoms with Crippen LogP contribution in [-0.4, -0.2) is 24.9 Å². The number of carbonyl (C=O) groups is 2. The first-order chi connectivity index (χ1) is 10.5. The van der Waals surface area contributed by atoms with Crippen LogP contribution in [0.15, 0.2) is 35.7 Å². The molecular formula is C17H20N2O2S. The molecule has 0 aliphatic rings. The van der Waals surface area contributed by atoms with Crippen LogP contribution in [0.1, 0.15) is 27.7 Å². The molecule has 0 fully saturated rings. The molecule has 0 aliphatic carbocycles. The van der Waals surface area contributed by atoms with Gasteiger partial charge in [0.25, 0.3) is 5.91 Å². The molecule has 0 aliphatic heterocycles. The van der Waals surface area contributed by atoms with Gasteiger partial charge in [0.15, 0.2) is 0 Å². The van der Waals surface area contributed by atoms with Gasteiger partial charge >= 0.3 is 0 Å². The third kappa shape index (κ3) is 3.95. The fourth-order valence-electron chi connectivity index (χ4n) is 2.33. The Morgan fingerprint density at radius 1 is 1.23 bits per heavy atom. The molecule has 2 amide bonds. The molecule has 0 saturated heterocycles. The number of benzene rings is 1. The maximum atomic E-state index is 11.9. The van der Waals surface area contributed by atoms with Crippen molar-refractivity contribution in [1.82, 2.24) is 5.32 Å². The molecule has 1 N–H and O–H groups in total. The second-order valence-corrected chi connectivity index (χ2v) is 6.14. The van der Waals surface area contributed by atoms with Crippen molar-refractivity contribution in [2.75, 3.05) is 18.0 Å². The first-order valence-corrected chi connectivity index (χ1v) is 8.04. The smallest absolute Gasteiger partial charge is 0.261 e. The molecule has 0 saturated carbocycles. The summed E-state index contributed by atoms with van der Waals surface area (Å²) in [5.41, 5.74) is 3.11. The Balaban J connectivity index is 2.01. The maximum absolute atomic E-state index is 11.9. The summed E-state index contributed by atoms with van der Waals surface area (Å²) in [5.74, 6) is -0.128. The number of aryl methyl sites for hydroxylation is 2. The van der Waals surface area contributed by atoms with Crippen molar-refractivity contribution >= 4 is 28.8 Å². The summed E-state index contributed by atoms with van der Waals surface area (Å²) in [5, 5.41) is 4.72. The zero-order chi connectivity index (χ0) is 16.1. The van der Waals surface area contributed by atoms with Crippen LogP contribution in [0.5, 0.6) is 0 Å². The van der Waals surface area contributed by atoms with E-state index in [4.69, 9.17) is 0 Å². The average Bonchev–Trinajstić information content (AvgIpc) is 2.98. The van der Waals surface area contributed by atoms with Crippen molar-refractivity contribution in [3.63, 3.8) is 0 Å². The van der Waals surface area contributed by atoms with Gasteiger partial charge in [0.05, 0.1) is 4.88 Å². The number of nitrogens with zero attached hydrogens (tertiary/aromatic N) is 1. The number of hydrogen-bond donors (Lipinski definition) is 1. The number of hydrogen-bond acceptors (Lipinski definition) is 3. The zero-order valence-electron chi connectivity index (χ0n) is 13.1. The van der Waals surface area contributed by atoms with E-state index in [1.165, 1.54) is 11.3 Å². The molecule has 22 heavy (non-hydrogen) atoms. The molecule has 4 nitrogen and oxygen atoms in total. The van der Waals surface area contributed by atoms with Gasteiger partial charge in [-0.2, -0.15) is 0 Å². The highest BCUT2D eigenvalue weighted by Crippen LogP contribution is 2.21. The molecule has 1 aromatic heterocycles. The van der Waals surface area contributed by atoms with Crippen LogP contribution >= 0.6 is 11.3 Å². The summed E-state index contributed by atoms with van der Waals surface area (Å²) in [7, 11) is 0. The lowest BCUT2D eigenvalue weighted by Crippen LogP contribution is -2.37. The minimum atomic E-state index is -0.0980. The second kappa shape index (κ2) is 7.22. The quantitative estimate of drug-likeness (QED) is 0.921. The predicted molar refractivity (Wildman–Crippen MR) is 90.6 cm³/mol. The van der Waals surface area contributed by atoms with Gasteiger partial charge in [-0.15, -0.1) is 11.3 Å². The van der Waals surface area contributed by atoms with E-state index in [-0.39, 0.29) is 11.8 Å². The minimum Gasteiger partial charge on any atom is -0.350 e. The summed E-state index contributed by atoms with van der Waals surface area (Å²) in [6, 6.07) is 9.62. The van der Waals surface area contributed by atoms with E-state index >= 15 is 0 Å². The number of carbonyl (C=O) groups excluding carboxylic acids is 2. The van der Waals surface area contributed by atoms with E-state index in [2.05, 4.69) is 11.4 Å². The van der Waals surface area contributed by atoms with E-state index in [0.29, 0.717) is 18.0 Å². The van der Waals surface area contributed by atoms with Crippen molar-refractivity contribution in [3.05, 3.63) is 51.7 Å². The Hall–Kier alpha value is -2.14. The van der Waals surface area contributed by atoms with Crippen molar-refractivity contribution in [3.8, 4) is 0 Å². The Morgan fingerprint density at radius 3 is 2.59 bits per heavy atom. The van der Waals surface area contributed by atoms with Gasteiger partial charge in [-0.25, -0.2) is 0 Å². The van der Waals surface area contributed by atoms with Crippen molar-refractivity contribution in [2.45, 2.75) is 20.8 Å². The third-order valence-corrected chi connectivity index (χ3v) is 4.26. The van der Waals surface area contributed by atoms with Crippen LogP contribution in [-0.2, 0) is 4.79 Å². The third-order valence-electron chi connectivity index (χ3n) is 3.39. The number of thiophene rings is 1. The molecule has 116 valence electrons. The van der Waals surface area contributed by atoms with Gasteiger partial charge in [-0.1, -0.05) is 23.8 Å². The Morgan fingerprint density at radius 2 is 2.00 bits per heavy atom. The highest BCUT2D eigenvalue weighted by atomic mass is 32.1. The molecule has 5 heteroatoms. The minimum absolute atomic E-state index is 0.0303. The summed E-state index contributed by atoms with van der Waals surface area (Å²) in [4.78, 5) is 26.2. The molecule has 1 heterocycles. The lowest BCUT2D eigenvalue weighted by Gasteiger charge is -2.23. The van der Waals surface area contributed by atoms with E-state index in [9.17, 15) is 9.59 Å². The molecule has 0 unspecified atom stereocenters. The molecule has 0 bridgehead atoms. The summed E-state index contributed by atoms with van der Waals surface area (Å²) >= 11 is 1.40. The van der Waals surface area contributed by atoms with Crippen molar-refractivity contribution < 1.29 is 9.59 Å². The average molecular weight is 316 g/mol. The highest BCUT2D eigenvalue weighted by Gasteiger charge is 2.14. The largest absolute Gasteiger partial charge is 0.350 e. The van der Waals surface area contributed by atoms with E-state index in [0.717, 1.165) is 16.8 Å². The van der Waals surface area contributed by atoms with Gasteiger partial charge in [0.2, 0.25) is 5.91 Å². The van der Waals surface area contributed by atoms with Gasteiger partial charge < -0.3 is 10.2 Å². The normalized spacial score (nSPS) is 10.3. The topological polar surface area (TPSA) is 49.4 Å². The summed E-state index contributed by atoms with van der Waals surface area (Å²) in [6.45, 7) is 6.43. The fraction of sp³-hybridized carbons (Fsp3) is 0.294. The van der Waals surface area contributed by atoms with Gasteiger partial charge in [-0.05, 0) is 36.9 Å². The SMILES string of the molecule is CC(=O)N(CCNC(=O)c1cccs1)c1ccc(C)cc1C. The van der Waals surface area contributed by atoms with Crippen LogP contribution in [0.4, 0.5) is 5.69 Å². The first kappa shape index (κ1) is 16.2. The van der Waals surface area contributed by atoms with Crippen molar-refractivity contribution in [2.24, 2.45) is 0 Å². The number of nitrogens with one attached hydrogen (secondary N) is 1. The van der Waals surface area contributed by atoms with E-state index in [1.807, 2.05) is 37.4 Å². The van der Waals surface area contributed by atoms with Gasteiger partial charge in [0, 0.05) is 25.7 Å². The Bertz CT molecular complexity index is 665. The summed E-state index contributed by atoms with van der Waals surface area (Å²) in [6.07, 6.45) is 0. The first-order valence-electron chi connectivity index (χ1n) is 7.16. The molecule has 0 radical (unpaired) electrons. The molecule has 0 spiro atoms. The van der Waals surface area contributed by atoms with E-state index in [1.54, 1.807) is 17.9 Å². The molecule has 0 atom stereocenters. The van der Waals surface area contributed by atoms with Crippen LogP contribution in [0.3, 0.4) is 0 Å². The van der Waals surface area contributed by atoms with Gasteiger partial charge in [-0.3, -0.25) is 9.59 Å². The molecule has 2 rings (SSSR count). The Kier molecular flexibility index (Phi) is 5.33. The summed E-state index contributed by atoms with van der Waals surface area (Å²) < 4.78 is 0. The van der Waals surface area contributed by atoms with Crippen LogP contribution in [0, 0.1) is 13.8 Å². The molecule has 1 aromatic carbocycles. The van der Waals surface area contributed by atoms with Crippen LogP contribution in [0.2, 0.25) is 0 Å². The van der Waals surface area contributed by atoms with E-state index < -0.39 is 0 Å². The highest BCUT2D eigenvalue weighted by molar-refractivity contribution is 7.12. The standard InChI is InChI=1S/C17H20N2O2S/c1-12-6-7-15(13(2)11-12)19(14(3)20)9-8-18-17(21)16-5-4-10-22-16/h4-7,10-11H,8-9H2,1-3H3,(H,18,21). The molecular weight excluding hydrogens is 296 g/mol. The fourth-order valence-corrected chi connectivity index (χ4v) is 2.97. The van der Waals surface area contributed by atoms with Crippen LogP contribution < -0.4 is 10.2 Å². The Labute approximate surface area is 134 Å². The maximum Gasteiger partial charge on any atom is 0.261 e. The molecule has 2 aromatic rings. The van der Waals surface area contributed by atoms with Crippen LogP contribution in [0.25, 0.3) is 0 Å². The lowest BCUT2D eigenvalue weighted by molar-refractivity contribution is -0.116. The van der Waals surface area contributed by atoms with Crippen molar-refractivity contribution in [1.29, 1.82) is 0 Å². The van der Waals surface area contributed by atoms with Gasteiger partial charge in [0.1, 0.15) is 0 Å². The monoisotopic (exact) mass is 316 g/mol. The number of rotatable bonds is 5. The lowest BCUT2D eigenvalue weighted by atomic mass is 10.1. The zero-order valence-corrected chi connectivity index (χ0v) is 13.9. The second-order valence-electron chi connectivity index (χ2n) is 5.19. The number of anilines is 1. The predicted octanol–water partition coefficient (Wildman–Crippen LogP) is 3.15. The number of amides is 2.